The van der Waals surface area contributed by atoms with Gasteiger partial charge in [0.1, 0.15) is 5.82 Å². The van der Waals surface area contributed by atoms with E-state index in [0.717, 1.165) is 5.56 Å². The Balaban J connectivity index is 2.08. The van der Waals surface area contributed by atoms with Gasteiger partial charge in [0.05, 0.1) is 24.8 Å². The van der Waals surface area contributed by atoms with Gasteiger partial charge in [-0.1, -0.05) is 23.7 Å². The first kappa shape index (κ1) is 16.3. The minimum absolute atomic E-state index is 0.0943. The smallest absolute Gasteiger partial charge is 0.339 e. The molecule has 1 atom stereocenters. The van der Waals surface area contributed by atoms with Crippen LogP contribution >= 0.6 is 11.6 Å². The van der Waals surface area contributed by atoms with Crippen LogP contribution in [0.3, 0.4) is 0 Å². The van der Waals surface area contributed by atoms with E-state index in [4.69, 9.17) is 16.3 Å². The van der Waals surface area contributed by atoms with Gasteiger partial charge in [0.25, 0.3) is 0 Å². The number of nitrogens with one attached hydrogen (secondary N) is 1. The van der Waals surface area contributed by atoms with Gasteiger partial charge in [-0.2, -0.15) is 0 Å². The summed E-state index contributed by atoms with van der Waals surface area (Å²) < 4.78 is 4.90. The van der Waals surface area contributed by atoms with Gasteiger partial charge in [-0.05, 0) is 36.8 Å². The van der Waals surface area contributed by atoms with Gasteiger partial charge in [0.15, 0.2) is 0 Å². The van der Waals surface area contributed by atoms with Crippen LogP contribution in [0.4, 0.5) is 5.82 Å². The molecule has 0 fully saturated rings. The maximum atomic E-state index is 11.6. The summed E-state index contributed by atoms with van der Waals surface area (Å²) in [4.78, 5) is 15.7. The highest BCUT2D eigenvalue weighted by Crippen LogP contribution is 2.20. The molecule has 1 heterocycles. The zero-order chi connectivity index (χ0) is 15.9. The van der Waals surface area contributed by atoms with Crippen molar-refractivity contribution in [1.29, 1.82) is 0 Å². The number of ether oxygens (including phenoxy) is 1. The number of nitrogens with zero attached hydrogens (tertiary/aromatic N) is 1. The van der Waals surface area contributed by atoms with Crippen molar-refractivity contribution in [3.05, 3.63) is 58.7 Å². The first-order chi connectivity index (χ1) is 10.6. The maximum absolute atomic E-state index is 11.6. The quantitative estimate of drug-likeness (QED) is 0.800. The lowest BCUT2D eigenvalue weighted by molar-refractivity contribution is 0.0526. The number of aliphatic hydroxyl groups is 1. The molecular formula is C16H17ClN2O3. The standard InChI is InChI=1S/C16H17ClN2O3/c1-2-22-16(21)12-5-8-15(18-9-12)19-14(10-20)11-3-6-13(17)7-4-11/h3-9,14,20H,2,10H2,1H3,(H,18,19). The molecule has 5 nitrogen and oxygen atoms in total. The first-order valence-electron chi connectivity index (χ1n) is 6.90. The van der Waals surface area contributed by atoms with E-state index >= 15 is 0 Å². The highest BCUT2D eigenvalue weighted by molar-refractivity contribution is 6.30. The van der Waals surface area contributed by atoms with Gasteiger partial charge in [-0.15, -0.1) is 0 Å². The molecule has 22 heavy (non-hydrogen) atoms. The summed E-state index contributed by atoms with van der Waals surface area (Å²) in [6.07, 6.45) is 1.44. The molecule has 1 aromatic carbocycles. The summed E-state index contributed by atoms with van der Waals surface area (Å²) in [6, 6.07) is 10.2. The topological polar surface area (TPSA) is 71.5 Å². The lowest BCUT2D eigenvalue weighted by Gasteiger charge is -2.17. The maximum Gasteiger partial charge on any atom is 0.339 e. The number of rotatable bonds is 6. The van der Waals surface area contributed by atoms with E-state index in [0.29, 0.717) is 23.0 Å². The summed E-state index contributed by atoms with van der Waals surface area (Å²) in [6.45, 7) is 1.98. The van der Waals surface area contributed by atoms with Crippen LogP contribution in [0.5, 0.6) is 0 Å². The molecular weight excluding hydrogens is 304 g/mol. The zero-order valence-electron chi connectivity index (χ0n) is 12.1. The van der Waals surface area contributed by atoms with Crippen molar-refractivity contribution in [2.24, 2.45) is 0 Å². The van der Waals surface area contributed by atoms with E-state index in [1.807, 2.05) is 12.1 Å². The third-order valence-electron chi connectivity index (χ3n) is 3.05. The molecule has 0 saturated heterocycles. The summed E-state index contributed by atoms with van der Waals surface area (Å²) >= 11 is 5.85. The van der Waals surface area contributed by atoms with Crippen molar-refractivity contribution >= 4 is 23.4 Å². The van der Waals surface area contributed by atoms with Gasteiger partial charge < -0.3 is 15.2 Å². The first-order valence-corrected chi connectivity index (χ1v) is 7.28. The number of carbonyl (C=O) groups excluding carboxylic acids is 1. The molecule has 0 aliphatic rings. The third kappa shape index (κ3) is 4.19. The predicted molar refractivity (Wildman–Crippen MR) is 85.1 cm³/mol. The van der Waals surface area contributed by atoms with Crippen LogP contribution in [-0.2, 0) is 4.74 Å². The molecule has 0 saturated carbocycles. The molecule has 0 bridgehead atoms. The zero-order valence-corrected chi connectivity index (χ0v) is 12.9. The minimum atomic E-state index is -0.405. The molecule has 2 N–H and O–H groups in total. The van der Waals surface area contributed by atoms with Crippen molar-refractivity contribution in [2.75, 3.05) is 18.5 Å². The van der Waals surface area contributed by atoms with Crippen molar-refractivity contribution in [3.63, 3.8) is 0 Å². The fourth-order valence-electron chi connectivity index (χ4n) is 1.92. The summed E-state index contributed by atoms with van der Waals surface area (Å²) in [7, 11) is 0. The molecule has 0 amide bonds. The summed E-state index contributed by atoms with van der Waals surface area (Å²) in [5.74, 6) is 0.153. The fourth-order valence-corrected chi connectivity index (χ4v) is 2.05. The fraction of sp³-hybridized carbons (Fsp3) is 0.250. The lowest BCUT2D eigenvalue weighted by Crippen LogP contribution is -2.16. The molecule has 0 radical (unpaired) electrons. The Bertz CT molecular complexity index is 614. The van der Waals surface area contributed by atoms with Crippen molar-refractivity contribution in [2.45, 2.75) is 13.0 Å². The molecule has 1 unspecified atom stereocenters. The van der Waals surface area contributed by atoms with E-state index in [1.54, 1.807) is 31.2 Å². The minimum Gasteiger partial charge on any atom is -0.462 e. The monoisotopic (exact) mass is 320 g/mol. The number of hydrogen-bond donors (Lipinski definition) is 2. The van der Waals surface area contributed by atoms with Crippen molar-refractivity contribution < 1.29 is 14.6 Å². The number of esters is 1. The van der Waals surface area contributed by atoms with Crippen LogP contribution in [0, 0.1) is 0 Å². The number of benzene rings is 1. The van der Waals surface area contributed by atoms with E-state index < -0.39 is 5.97 Å². The third-order valence-corrected chi connectivity index (χ3v) is 3.30. The Labute approximate surface area is 133 Å². The van der Waals surface area contributed by atoms with Gasteiger partial charge >= 0.3 is 5.97 Å². The number of aliphatic hydroxyl groups excluding tert-OH is 1. The van der Waals surface area contributed by atoms with Crippen LogP contribution in [0.15, 0.2) is 42.6 Å². The number of pyridine rings is 1. The highest BCUT2D eigenvalue weighted by Gasteiger charge is 2.12. The predicted octanol–water partition coefficient (Wildman–Crippen LogP) is 3.06. The second kappa shape index (κ2) is 7.77. The molecule has 2 aromatic rings. The average molecular weight is 321 g/mol. The molecule has 0 aliphatic carbocycles. The van der Waals surface area contributed by atoms with E-state index in [1.165, 1.54) is 6.20 Å². The normalized spacial score (nSPS) is 11.8. The van der Waals surface area contributed by atoms with Crippen LogP contribution < -0.4 is 5.32 Å². The number of anilines is 1. The highest BCUT2D eigenvalue weighted by atomic mass is 35.5. The van der Waals surface area contributed by atoms with Crippen LogP contribution in [-0.4, -0.2) is 29.3 Å². The number of hydrogen-bond acceptors (Lipinski definition) is 5. The Morgan fingerprint density at radius 2 is 2.05 bits per heavy atom. The SMILES string of the molecule is CCOC(=O)c1ccc(NC(CO)c2ccc(Cl)cc2)nc1. The van der Waals surface area contributed by atoms with Gasteiger partial charge in [0, 0.05) is 11.2 Å². The van der Waals surface area contributed by atoms with Crippen LogP contribution in [0.25, 0.3) is 0 Å². The average Bonchev–Trinajstić information content (AvgIpc) is 2.54. The Morgan fingerprint density at radius 3 is 2.59 bits per heavy atom. The summed E-state index contributed by atoms with van der Waals surface area (Å²) in [5, 5.41) is 13.3. The lowest BCUT2D eigenvalue weighted by atomic mass is 10.1. The van der Waals surface area contributed by atoms with Crippen molar-refractivity contribution in [3.8, 4) is 0 Å². The van der Waals surface area contributed by atoms with Gasteiger partial charge in [-0.25, -0.2) is 9.78 Å². The number of halogens is 1. The Hall–Kier alpha value is -2.11. The van der Waals surface area contributed by atoms with Gasteiger partial charge in [-0.3, -0.25) is 0 Å². The second-order valence-corrected chi connectivity index (χ2v) is 5.02. The largest absolute Gasteiger partial charge is 0.462 e. The molecule has 2 rings (SSSR count). The van der Waals surface area contributed by atoms with Crippen LogP contribution in [0.2, 0.25) is 5.02 Å². The Morgan fingerprint density at radius 1 is 1.32 bits per heavy atom. The Kier molecular flexibility index (Phi) is 5.75. The molecule has 1 aromatic heterocycles. The van der Waals surface area contributed by atoms with E-state index in [-0.39, 0.29) is 12.6 Å². The van der Waals surface area contributed by atoms with E-state index in [9.17, 15) is 9.90 Å². The molecule has 6 heteroatoms. The summed E-state index contributed by atoms with van der Waals surface area (Å²) in [5.41, 5.74) is 1.28. The molecule has 116 valence electrons. The molecule has 0 spiro atoms. The van der Waals surface area contributed by atoms with Gasteiger partial charge in [0.2, 0.25) is 0 Å². The van der Waals surface area contributed by atoms with Crippen LogP contribution in [0.1, 0.15) is 28.9 Å². The number of carbonyl (C=O) groups is 1. The molecule has 0 aliphatic heterocycles. The second-order valence-electron chi connectivity index (χ2n) is 4.58. The van der Waals surface area contributed by atoms with Crippen molar-refractivity contribution in [1.82, 2.24) is 4.98 Å². The number of aromatic nitrogens is 1. The van der Waals surface area contributed by atoms with E-state index in [2.05, 4.69) is 10.3 Å².